The summed E-state index contributed by atoms with van der Waals surface area (Å²) in [6, 6.07) is 18.1. The van der Waals surface area contributed by atoms with Gasteiger partial charge >= 0.3 is 0 Å². The van der Waals surface area contributed by atoms with E-state index in [0.717, 1.165) is 11.4 Å². The third-order valence-corrected chi connectivity index (χ3v) is 6.37. The Balaban J connectivity index is 1.62. The molecule has 2 atom stereocenters. The summed E-state index contributed by atoms with van der Waals surface area (Å²) in [4.78, 5) is 6.79. The molecular formula is C23H24N4OS. The number of rotatable bonds is 4. The maximum absolute atomic E-state index is 9.75. The van der Waals surface area contributed by atoms with Crippen molar-refractivity contribution in [2.24, 2.45) is 0 Å². The first-order chi connectivity index (χ1) is 14.2. The molecule has 3 aromatic rings. The van der Waals surface area contributed by atoms with Gasteiger partial charge in [-0.15, -0.1) is 0 Å². The second-order valence-electron chi connectivity index (χ2n) is 7.79. The second kappa shape index (κ2) is 7.52. The van der Waals surface area contributed by atoms with Gasteiger partial charge in [-0.25, -0.2) is 0 Å². The third kappa shape index (κ3) is 3.27. The number of thiocarbonyl (C=S) groups is 1. The first-order valence-electron chi connectivity index (χ1n) is 10.2. The number of nitrogens with one attached hydrogen (secondary N) is 1. The first-order valence-corrected chi connectivity index (χ1v) is 10.6. The largest absolute Gasteiger partial charge is 0.508 e. The molecule has 2 aliphatic rings. The van der Waals surface area contributed by atoms with Gasteiger partial charge in [0.2, 0.25) is 0 Å². The number of phenolic OH excluding ortho intramolecular Hbond substituents is 1. The normalized spacial score (nSPS) is 22.2. The topological polar surface area (TPSA) is 53.3 Å². The van der Waals surface area contributed by atoms with Crippen molar-refractivity contribution >= 4 is 23.0 Å². The Bertz CT molecular complexity index is 995. The van der Waals surface area contributed by atoms with Crippen molar-refractivity contribution in [3.05, 3.63) is 78.4 Å². The van der Waals surface area contributed by atoms with Crippen LogP contribution in [-0.2, 0) is 0 Å². The lowest BCUT2D eigenvalue weighted by atomic mass is 10.00. The van der Waals surface area contributed by atoms with Gasteiger partial charge in [0.15, 0.2) is 5.11 Å². The number of hydrogen-bond acceptors (Lipinski definition) is 3. The van der Waals surface area contributed by atoms with Gasteiger partial charge < -0.3 is 19.9 Å². The molecule has 29 heavy (non-hydrogen) atoms. The van der Waals surface area contributed by atoms with Gasteiger partial charge in [-0.1, -0.05) is 18.9 Å². The molecule has 1 saturated heterocycles. The van der Waals surface area contributed by atoms with Crippen molar-refractivity contribution in [3.8, 4) is 5.75 Å². The number of aromatic nitrogens is 2. The SMILES string of the molecule is Oc1ccc(N2C(=S)N[C@@H](c3ccccn3)[C@H]2c2cccn2C2CCCC2)cc1. The fraction of sp³-hybridized carbons (Fsp3) is 0.304. The molecule has 5 nitrogen and oxygen atoms in total. The summed E-state index contributed by atoms with van der Waals surface area (Å²) in [7, 11) is 0. The van der Waals surface area contributed by atoms with Crippen LogP contribution in [0, 0.1) is 0 Å². The summed E-state index contributed by atoms with van der Waals surface area (Å²) >= 11 is 5.78. The third-order valence-electron chi connectivity index (χ3n) is 6.06. The molecule has 1 saturated carbocycles. The molecule has 5 rings (SSSR count). The average molecular weight is 405 g/mol. The predicted octanol–water partition coefficient (Wildman–Crippen LogP) is 4.88. The van der Waals surface area contributed by atoms with Gasteiger partial charge in [0.05, 0.1) is 11.7 Å². The van der Waals surface area contributed by atoms with Crippen molar-refractivity contribution in [1.29, 1.82) is 0 Å². The number of pyridine rings is 1. The highest BCUT2D eigenvalue weighted by molar-refractivity contribution is 7.80. The summed E-state index contributed by atoms with van der Waals surface area (Å²) in [5.74, 6) is 0.249. The van der Waals surface area contributed by atoms with Crippen LogP contribution >= 0.6 is 12.2 Å². The minimum Gasteiger partial charge on any atom is -0.508 e. The molecule has 3 heterocycles. The Hall–Kier alpha value is -2.86. The van der Waals surface area contributed by atoms with Crippen molar-refractivity contribution in [3.63, 3.8) is 0 Å². The minimum atomic E-state index is -0.0486. The Labute approximate surface area is 176 Å². The van der Waals surface area contributed by atoms with Crippen LogP contribution in [0.15, 0.2) is 67.0 Å². The van der Waals surface area contributed by atoms with E-state index in [4.69, 9.17) is 12.2 Å². The van der Waals surface area contributed by atoms with Gasteiger partial charge in [-0.2, -0.15) is 0 Å². The van der Waals surface area contributed by atoms with Crippen LogP contribution in [0.4, 0.5) is 5.69 Å². The zero-order valence-corrected chi connectivity index (χ0v) is 16.9. The highest BCUT2D eigenvalue weighted by atomic mass is 32.1. The molecule has 148 valence electrons. The monoisotopic (exact) mass is 404 g/mol. The molecule has 2 aromatic heterocycles. The van der Waals surface area contributed by atoms with Crippen molar-refractivity contribution in [2.45, 2.75) is 43.8 Å². The van der Waals surface area contributed by atoms with Crippen molar-refractivity contribution in [2.75, 3.05) is 4.90 Å². The first kappa shape index (κ1) is 18.2. The van der Waals surface area contributed by atoms with Crippen LogP contribution < -0.4 is 10.2 Å². The summed E-state index contributed by atoms with van der Waals surface area (Å²) in [6.07, 6.45) is 9.05. The van der Waals surface area contributed by atoms with Crippen LogP contribution in [0.1, 0.15) is 55.2 Å². The van der Waals surface area contributed by atoms with Crippen LogP contribution in [0.2, 0.25) is 0 Å². The predicted molar refractivity (Wildman–Crippen MR) is 118 cm³/mol. The molecule has 1 aliphatic carbocycles. The summed E-state index contributed by atoms with van der Waals surface area (Å²) < 4.78 is 2.44. The van der Waals surface area contributed by atoms with E-state index in [-0.39, 0.29) is 17.8 Å². The lowest BCUT2D eigenvalue weighted by molar-refractivity contribution is 0.461. The maximum Gasteiger partial charge on any atom is 0.174 e. The summed E-state index contributed by atoms with van der Waals surface area (Å²) in [5, 5.41) is 13.9. The zero-order chi connectivity index (χ0) is 19.8. The molecule has 0 unspecified atom stereocenters. The van der Waals surface area contributed by atoms with E-state index in [2.05, 4.69) is 44.2 Å². The Kier molecular flexibility index (Phi) is 4.72. The van der Waals surface area contributed by atoms with Crippen molar-refractivity contribution in [1.82, 2.24) is 14.9 Å². The van der Waals surface area contributed by atoms with Crippen LogP contribution in [0.5, 0.6) is 5.75 Å². The fourth-order valence-corrected chi connectivity index (χ4v) is 5.07. The highest BCUT2D eigenvalue weighted by Gasteiger charge is 2.42. The minimum absolute atomic E-state index is 0.0162. The van der Waals surface area contributed by atoms with E-state index < -0.39 is 0 Å². The Morgan fingerprint density at radius 2 is 1.79 bits per heavy atom. The van der Waals surface area contributed by atoms with Crippen LogP contribution in [-0.4, -0.2) is 19.8 Å². The van der Waals surface area contributed by atoms with E-state index in [0.29, 0.717) is 11.2 Å². The highest BCUT2D eigenvalue weighted by Crippen LogP contribution is 2.43. The molecular weight excluding hydrogens is 380 g/mol. The lowest BCUT2D eigenvalue weighted by Gasteiger charge is -2.30. The standard InChI is InChI=1S/C23H24N4OS/c28-18-12-10-17(11-13-18)27-22(20-9-5-15-26(20)16-6-1-2-7-16)21(25-23(27)29)19-8-3-4-14-24-19/h3-5,8-16,21-22,28H,1-2,6-7H2,(H,25,29)/t21-,22+/m0/s1. The average Bonchev–Trinajstić information content (AvgIpc) is 3.48. The Morgan fingerprint density at radius 3 is 2.52 bits per heavy atom. The zero-order valence-electron chi connectivity index (χ0n) is 16.1. The molecule has 1 aromatic carbocycles. The summed E-state index contributed by atoms with van der Waals surface area (Å²) in [6.45, 7) is 0. The number of phenols is 1. The molecule has 0 spiro atoms. The van der Waals surface area contributed by atoms with Gasteiger partial charge in [0, 0.05) is 29.8 Å². The van der Waals surface area contributed by atoms with E-state index >= 15 is 0 Å². The van der Waals surface area contributed by atoms with Gasteiger partial charge in [0.1, 0.15) is 11.8 Å². The molecule has 0 bridgehead atoms. The van der Waals surface area contributed by atoms with Crippen LogP contribution in [0.3, 0.4) is 0 Å². The van der Waals surface area contributed by atoms with Gasteiger partial charge in [-0.3, -0.25) is 4.98 Å². The second-order valence-corrected chi connectivity index (χ2v) is 8.18. The number of hydrogen-bond donors (Lipinski definition) is 2. The molecule has 6 heteroatoms. The van der Waals surface area contributed by atoms with E-state index in [1.165, 1.54) is 31.4 Å². The lowest BCUT2D eigenvalue weighted by Crippen LogP contribution is -2.30. The fourth-order valence-electron chi connectivity index (χ4n) is 4.72. The van der Waals surface area contributed by atoms with Gasteiger partial charge in [-0.05, 0) is 73.6 Å². The molecule has 1 aliphatic heterocycles. The van der Waals surface area contributed by atoms with Crippen molar-refractivity contribution < 1.29 is 5.11 Å². The number of anilines is 1. The van der Waals surface area contributed by atoms with Crippen LogP contribution in [0.25, 0.3) is 0 Å². The summed E-state index contributed by atoms with van der Waals surface area (Å²) in [5.41, 5.74) is 3.18. The van der Waals surface area contributed by atoms with Gasteiger partial charge in [0.25, 0.3) is 0 Å². The van der Waals surface area contributed by atoms with E-state index in [9.17, 15) is 5.11 Å². The Morgan fingerprint density at radius 1 is 1.00 bits per heavy atom. The van der Waals surface area contributed by atoms with E-state index in [1.54, 1.807) is 12.1 Å². The molecule has 0 amide bonds. The number of aromatic hydroxyl groups is 1. The smallest absolute Gasteiger partial charge is 0.174 e. The molecule has 0 radical (unpaired) electrons. The number of benzene rings is 1. The molecule has 2 fully saturated rings. The number of nitrogens with zero attached hydrogens (tertiary/aromatic N) is 3. The maximum atomic E-state index is 9.75. The molecule has 2 N–H and O–H groups in total. The van der Waals surface area contributed by atoms with E-state index in [1.807, 2.05) is 30.5 Å². The quantitative estimate of drug-likeness (QED) is 0.607.